The highest BCUT2D eigenvalue weighted by Crippen LogP contribution is 2.21. The van der Waals surface area contributed by atoms with Gasteiger partial charge in [-0.15, -0.1) is 11.3 Å². The molecule has 2 aromatic heterocycles. The molecular formula is C21H24N4O2S2. The molecule has 29 heavy (non-hydrogen) atoms. The fraction of sp³-hybridized carbons (Fsp3) is 0.381. The van der Waals surface area contributed by atoms with Crippen molar-refractivity contribution in [2.45, 2.75) is 25.2 Å². The van der Waals surface area contributed by atoms with Crippen LogP contribution in [0.2, 0.25) is 0 Å². The number of thiophene rings is 1. The molecule has 4 rings (SSSR count). The zero-order chi connectivity index (χ0) is 20.2. The average molecular weight is 429 g/mol. The summed E-state index contributed by atoms with van der Waals surface area (Å²) in [6.45, 7) is 6.64. The lowest BCUT2D eigenvalue weighted by Gasteiger charge is -2.34. The molecule has 1 aliphatic heterocycles. The number of rotatable bonds is 6. The Kier molecular flexibility index (Phi) is 6.32. The van der Waals surface area contributed by atoms with E-state index in [9.17, 15) is 9.59 Å². The van der Waals surface area contributed by atoms with E-state index in [0.717, 1.165) is 32.7 Å². The molecule has 3 heterocycles. The van der Waals surface area contributed by atoms with Crippen molar-refractivity contribution in [1.29, 1.82) is 0 Å². The molecule has 0 spiro atoms. The van der Waals surface area contributed by atoms with Crippen LogP contribution in [0.15, 0.2) is 51.7 Å². The second-order valence-corrected chi connectivity index (χ2v) is 8.87. The first-order valence-corrected chi connectivity index (χ1v) is 11.7. The van der Waals surface area contributed by atoms with E-state index in [0.29, 0.717) is 27.7 Å². The largest absolute Gasteiger partial charge is 0.339 e. The molecule has 1 saturated heterocycles. The summed E-state index contributed by atoms with van der Waals surface area (Å²) in [4.78, 5) is 34.2. The topological polar surface area (TPSA) is 58.4 Å². The summed E-state index contributed by atoms with van der Waals surface area (Å²) in [5, 5.41) is 2.51. The summed E-state index contributed by atoms with van der Waals surface area (Å²) in [6, 6.07) is 12.3. The molecule has 0 saturated carbocycles. The fourth-order valence-corrected chi connectivity index (χ4v) is 5.27. The van der Waals surface area contributed by atoms with Gasteiger partial charge in [-0.3, -0.25) is 19.1 Å². The molecule has 1 amide bonds. The quantitative estimate of drug-likeness (QED) is 0.446. The van der Waals surface area contributed by atoms with Crippen molar-refractivity contribution in [2.75, 3.05) is 31.9 Å². The first-order chi connectivity index (χ1) is 14.2. The Morgan fingerprint density at radius 2 is 1.90 bits per heavy atom. The predicted octanol–water partition coefficient (Wildman–Crippen LogP) is 2.91. The summed E-state index contributed by atoms with van der Waals surface area (Å²) in [7, 11) is 0. The second kappa shape index (κ2) is 9.11. The maximum Gasteiger partial charge on any atom is 0.272 e. The Hall–Kier alpha value is -2.16. The van der Waals surface area contributed by atoms with E-state index in [2.05, 4.69) is 34.1 Å². The van der Waals surface area contributed by atoms with Crippen LogP contribution >= 0.6 is 23.1 Å². The molecule has 6 nitrogen and oxygen atoms in total. The lowest BCUT2D eigenvalue weighted by Crippen LogP contribution is -2.48. The van der Waals surface area contributed by atoms with Gasteiger partial charge in [-0.05, 0) is 23.9 Å². The van der Waals surface area contributed by atoms with Gasteiger partial charge in [0.2, 0.25) is 5.91 Å². The Morgan fingerprint density at radius 1 is 1.14 bits per heavy atom. The third kappa shape index (κ3) is 4.55. The summed E-state index contributed by atoms with van der Waals surface area (Å²) < 4.78 is 2.34. The molecule has 152 valence electrons. The monoisotopic (exact) mass is 428 g/mol. The number of hydrogen-bond donors (Lipinski definition) is 0. The summed E-state index contributed by atoms with van der Waals surface area (Å²) in [5.41, 5.74) is 2.00. The number of nitrogens with zero attached hydrogens (tertiary/aromatic N) is 4. The molecule has 0 aliphatic carbocycles. The molecule has 1 aliphatic rings. The molecule has 3 aromatic rings. The van der Waals surface area contributed by atoms with Gasteiger partial charge in [0.25, 0.3) is 5.56 Å². The number of benzene rings is 1. The molecular weight excluding hydrogens is 404 g/mol. The zero-order valence-electron chi connectivity index (χ0n) is 16.4. The van der Waals surface area contributed by atoms with Gasteiger partial charge in [-0.2, -0.15) is 0 Å². The second-order valence-electron chi connectivity index (χ2n) is 7.01. The summed E-state index contributed by atoms with van der Waals surface area (Å²) in [5.74, 6) is 0.414. The Morgan fingerprint density at radius 3 is 2.62 bits per heavy atom. The molecule has 1 aromatic carbocycles. The molecule has 0 bridgehead atoms. The smallest absolute Gasteiger partial charge is 0.272 e. The number of carbonyl (C=O) groups excluding carboxylic acids is 1. The van der Waals surface area contributed by atoms with Gasteiger partial charge < -0.3 is 4.90 Å². The van der Waals surface area contributed by atoms with Crippen LogP contribution < -0.4 is 5.56 Å². The third-order valence-corrected chi connectivity index (χ3v) is 7.00. The van der Waals surface area contributed by atoms with Crippen LogP contribution in [0.4, 0.5) is 0 Å². The van der Waals surface area contributed by atoms with Crippen LogP contribution in [0.1, 0.15) is 12.5 Å². The van der Waals surface area contributed by atoms with Gasteiger partial charge in [0.05, 0.1) is 11.3 Å². The van der Waals surface area contributed by atoms with Crippen molar-refractivity contribution in [3.8, 4) is 0 Å². The van der Waals surface area contributed by atoms with Crippen molar-refractivity contribution in [1.82, 2.24) is 19.4 Å². The molecule has 0 radical (unpaired) electrons. The number of carbonyl (C=O) groups is 1. The van der Waals surface area contributed by atoms with Gasteiger partial charge in [-0.25, -0.2) is 4.98 Å². The van der Waals surface area contributed by atoms with Crippen molar-refractivity contribution in [3.05, 3.63) is 57.7 Å². The summed E-state index contributed by atoms with van der Waals surface area (Å²) >= 11 is 2.78. The first-order valence-electron chi connectivity index (χ1n) is 9.80. The minimum Gasteiger partial charge on any atom is -0.339 e. The number of piperazine rings is 1. The standard InChI is InChI=1S/C21H24N4O2S2/c1-2-25-20(27)19-17(8-13-28-19)22-21(25)29-15-18(26)24-11-9-23(10-12-24)14-16-6-4-3-5-7-16/h3-8,13H,2,9-12,14-15H2,1H3. The number of aromatic nitrogens is 2. The minimum absolute atomic E-state index is 0.0167. The number of hydrogen-bond acceptors (Lipinski definition) is 6. The van der Waals surface area contributed by atoms with Gasteiger partial charge in [0.1, 0.15) is 4.70 Å². The van der Waals surface area contributed by atoms with E-state index in [-0.39, 0.29) is 11.5 Å². The zero-order valence-corrected chi connectivity index (χ0v) is 18.0. The number of fused-ring (bicyclic) bond motifs is 1. The van der Waals surface area contributed by atoms with E-state index >= 15 is 0 Å². The van der Waals surface area contributed by atoms with E-state index in [4.69, 9.17) is 0 Å². The molecule has 0 N–H and O–H groups in total. The van der Waals surface area contributed by atoms with Crippen molar-refractivity contribution < 1.29 is 4.79 Å². The fourth-order valence-electron chi connectivity index (χ4n) is 3.53. The maximum atomic E-state index is 12.7. The van der Waals surface area contributed by atoms with Crippen LogP contribution in [0.25, 0.3) is 10.2 Å². The van der Waals surface area contributed by atoms with E-state index in [1.54, 1.807) is 4.57 Å². The molecule has 0 unspecified atom stereocenters. The van der Waals surface area contributed by atoms with Crippen LogP contribution in [0.5, 0.6) is 0 Å². The number of thioether (sulfide) groups is 1. The SMILES string of the molecule is CCn1c(SCC(=O)N2CCN(Cc3ccccc3)CC2)nc2ccsc2c1=O. The van der Waals surface area contributed by atoms with Crippen LogP contribution in [0, 0.1) is 0 Å². The Bertz CT molecular complexity index is 1040. The predicted molar refractivity (Wildman–Crippen MR) is 119 cm³/mol. The van der Waals surface area contributed by atoms with Crippen molar-refractivity contribution >= 4 is 39.2 Å². The normalized spacial score (nSPS) is 15.1. The Labute approximate surface area is 178 Å². The van der Waals surface area contributed by atoms with Crippen LogP contribution in [-0.2, 0) is 17.9 Å². The lowest BCUT2D eigenvalue weighted by molar-refractivity contribution is -0.130. The minimum atomic E-state index is -0.0167. The molecule has 8 heteroatoms. The van der Waals surface area contributed by atoms with Gasteiger partial charge >= 0.3 is 0 Å². The van der Waals surface area contributed by atoms with Gasteiger partial charge in [0, 0.05) is 39.3 Å². The highest BCUT2D eigenvalue weighted by atomic mass is 32.2. The highest BCUT2D eigenvalue weighted by Gasteiger charge is 2.22. The van der Waals surface area contributed by atoms with Crippen LogP contribution in [-0.4, -0.2) is 57.2 Å². The van der Waals surface area contributed by atoms with Crippen molar-refractivity contribution in [2.24, 2.45) is 0 Å². The van der Waals surface area contributed by atoms with E-state index in [1.807, 2.05) is 29.3 Å². The van der Waals surface area contributed by atoms with Crippen molar-refractivity contribution in [3.63, 3.8) is 0 Å². The highest BCUT2D eigenvalue weighted by molar-refractivity contribution is 7.99. The van der Waals surface area contributed by atoms with Crippen LogP contribution in [0.3, 0.4) is 0 Å². The lowest BCUT2D eigenvalue weighted by atomic mass is 10.2. The Balaban J connectivity index is 1.34. The van der Waals surface area contributed by atoms with E-state index < -0.39 is 0 Å². The van der Waals surface area contributed by atoms with Gasteiger partial charge in [-0.1, -0.05) is 42.1 Å². The maximum absolute atomic E-state index is 12.7. The van der Waals surface area contributed by atoms with E-state index in [1.165, 1.54) is 28.7 Å². The van der Waals surface area contributed by atoms with Gasteiger partial charge in [0.15, 0.2) is 5.16 Å². The molecule has 0 atom stereocenters. The number of amides is 1. The third-order valence-electron chi connectivity index (χ3n) is 5.15. The average Bonchev–Trinajstić information content (AvgIpc) is 3.22. The molecule has 1 fully saturated rings. The first kappa shape index (κ1) is 20.1. The summed E-state index contributed by atoms with van der Waals surface area (Å²) in [6.07, 6.45) is 0.